The Morgan fingerprint density at radius 3 is 2.64 bits per heavy atom. The Bertz CT molecular complexity index is 480. The van der Waals surface area contributed by atoms with E-state index in [1.165, 1.54) is 0 Å². The minimum absolute atomic E-state index is 0. The highest BCUT2D eigenvalue weighted by molar-refractivity contribution is 14.0. The van der Waals surface area contributed by atoms with Gasteiger partial charge in [-0.25, -0.2) is 0 Å². The van der Waals surface area contributed by atoms with Crippen LogP contribution in [-0.2, 0) is 11.2 Å². The smallest absolute Gasteiger partial charge is 0.251 e. The third-order valence-corrected chi connectivity index (χ3v) is 2.94. The lowest BCUT2D eigenvalue weighted by molar-refractivity contribution is 0.0963. The molecule has 1 rings (SSSR count). The van der Waals surface area contributed by atoms with E-state index in [-0.39, 0.29) is 29.9 Å². The number of nitrogens with one attached hydrogen (secondary N) is 3. The van der Waals surface area contributed by atoms with Crippen molar-refractivity contribution in [3.05, 3.63) is 35.4 Å². The number of rotatable bonds is 7. The first kappa shape index (κ1) is 20.6. The number of methoxy groups -OCH3 is 1. The summed E-state index contributed by atoms with van der Waals surface area (Å²) in [7, 11) is 5.03. The van der Waals surface area contributed by atoms with Crippen LogP contribution in [0.5, 0.6) is 0 Å². The molecule has 0 aliphatic heterocycles. The van der Waals surface area contributed by atoms with Crippen molar-refractivity contribution in [2.24, 2.45) is 4.99 Å². The molecule has 0 aromatic heterocycles. The molecule has 1 aromatic carbocycles. The van der Waals surface area contributed by atoms with Crippen molar-refractivity contribution in [3.8, 4) is 0 Å². The topological polar surface area (TPSA) is 74.8 Å². The predicted octanol–water partition coefficient (Wildman–Crippen LogP) is 1.02. The second kappa shape index (κ2) is 12.2. The summed E-state index contributed by atoms with van der Waals surface area (Å²) in [4.78, 5) is 15.7. The van der Waals surface area contributed by atoms with Crippen LogP contribution >= 0.6 is 24.0 Å². The average Bonchev–Trinajstić information content (AvgIpc) is 2.53. The fourth-order valence-corrected chi connectivity index (χ4v) is 1.83. The summed E-state index contributed by atoms with van der Waals surface area (Å²) in [6.07, 6.45) is 0.815. The van der Waals surface area contributed by atoms with E-state index in [1.807, 2.05) is 18.2 Å². The van der Waals surface area contributed by atoms with Gasteiger partial charge in [-0.1, -0.05) is 12.1 Å². The number of aliphatic imine (C=N–C) groups is 1. The molecule has 1 amide bonds. The van der Waals surface area contributed by atoms with Gasteiger partial charge in [-0.2, -0.15) is 0 Å². The van der Waals surface area contributed by atoms with Gasteiger partial charge in [-0.15, -0.1) is 24.0 Å². The summed E-state index contributed by atoms with van der Waals surface area (Å²) in [6, 6.07) is 7.61. The summed E-state index contributed by atoms with van der Waals surface area (Å²) < 4.78 is 4.97. The van der Waals surface area contributed by atoms with Gasteiger partial charge in [-0.05, 0) is 24.1 Å². The predicted molar refractivity (Wildman–Crippen MR) is 100 cm³/mol. The second-order valence-corrected chi connectivity index (χ2v) is 4.45. The van der Waals surface area contributed by atoms with Crippen LogP contribution in [-0.4, -0.2) is 52.8 Å². The molecule has 0 aliphatic rings. The van der Waals surface area contributed by atoms with Gasteiger partial charge in [-0.3, -0.25) is 9.79 Å². The van der Waals surface area contributed by atoms with Crippen LogP contribution in [0.2, 0.25) is 0 Å². The minimum atomic E-state index is -0.0677. The molecule has 0 atom stereocenters. The zero-order valence-corrected chi connectivity index (χ0v) is 15.6. The number of benzene rings is 1. The van der Waals surface area contributed by atoms with Crippen molar-refractivity contribution < 1.29 is 9.53 Å². The lowest BCUT2D eigenvalue weighted by atomic mass is 10.1. The number of hydrogen-bond donors (Lipinski definition) is 3. The first-order valence-corrected chi connectivity index (χ1v) is 6.95. The van der Waals surface area contributed by atoms with E-state index in [1.54, 1.807) is 27.3 Å². The van der Waals surface area contributed by atoms with Crippen molar-refractivity contribution in [2.45, 2.75) is 6.42 Å². The van der Waals surface area contributed by atoms with Gasteiger partial charge >= 0.3 is 0 Å². The Kier molecular flexibility index (Phi) is 11.5. The van der Waals surface area contributed by atoms with Gasteiger partial charge < -0.3 is 20.7 Å². The summed E-state index contributed by atoms with van der Waals surface area (Å²) in [6.45, 7) is 2.08. The average molecular weight is 420 g/mol. The lowest BCUT2D eigenvalue weighted by Gasteiger charge is -2.11. The quantitative estimate of drug-likeness (QED) is 0.267. The fraction of sp³-hybridized carbons (Fsp3) is 0.467. The molecule has 0 fully saturated rings. The first-order valence-electron chi connectivity index (χ1n) is 6.95. The molecular weight excluding hydrogens is 395 g/mol. The Hall–Kier alpha value is -1.35. The second-order valence-electron chi connectivity index (χ2n) is 4.45. The number of carbonyl (C=O) groups excluding carboxylic acids is 1. The van der Waals surface area contributed by atoms with Crippen LogP contribution < -0.4 is 16.0 Å². The number of carbonyl (C=O) groups is 1. The third-order valence-electron chi connectivity index (χ3n) is 2.94. The molecule has 1 aromatic rings. The van der Waals surface area contributed by atoms with E-state index in [4.69, 9.17) is 4.74 Å². The molecule has 7 heteroatoms. The number of amides is 1. The van der Waals surface area contributed by atoms with Crippen molar-refractivity contribution in [3.63, 3.8) is 0 Å². The Morgan fingerprint density at radius 1 is 1.27 bits per heavy atom. The van der Waals surface area contributed by atoms with Gasteiger partial charge in [0.25, 0.3) is 5.91 Å². The van der Waals surface area contributed by atoms with Gasteiger partial charge in [0.1, 0.15) is 0 Å². The molecule has 0 heterocycles. The third kappa shape index (κ3) is 7.60. The number of hydrogen-bond acceptors (Lipinski definition) is 3. The minimum Gasteiger partial charge on any atom is -0.383 e. The maximum absolute atomic E-state index is 11.6. The zero-order chi connectivity index (χ0) is 15.5. The highest BCUT2D eigenvalue weighted by Crippen LogP contribution is 2.05. The summed E-state index contributed by atoms with van der Waals surface area (Å²) in [5.41, 5.74) is 1.79. The molecule has 0 saturated heterocycles. The molecule has 124 valence electrons. The normalized spacial score (nSPS) is 10.6. The van der Waals surface area contributed by atoms with Crippen LogP contribution in [0.1, 0.15) is 15.9 Å². The molecule has 0 unspecified atom stereocenters. The molecule has 0 spiro atoms. The fourth-order valence-electron chi connectivity index (χ4n) is 1.83. The molecule has 0 aliphatic carbocycles. The monoisotopic (exact) mass is 420 g/mol. The van der Waals surface area contributed by atoms with Crippen LogP contribution in [0.3, 0.4) is 0 Å². The van der Waals surface area contributed by atoms with Gasteiger partial charge in [0.2, 0.25) is 0 Å². The van der Waals surface area contributed by atoms with Crippen LogP contribution in [0.25, 0.3) is 0 Å². The molecule has 22 heavy (non-hydrogen) atoms. The van der Waals surface area contributed by atoms with Gasteiger partial charge in [0.15, 0.2) is 5.96 Å². The number of nitrogens with zero attached hydrogens (tertiary/aromatic N) is 1. The van der Waals surface area contributed by atoms with Crippen molar-refractivity contribution in [1.82, 2.24) is 16.0 Å². The van der Waals surface area contributed by atoms with Crippen LogP contribution in [0.15, 0.2) is 29.3 Å². The Labute approximate surface area is 149 Å². The Balaban J connectivity index is 0.00000441. The number of ether oxygens (including phenoxy) is 1. The van der Waals surface area contributed by atoms with Crippen molar-refractivity contribution >= 4 is 35.8 Å². The van der Waals surface area contributed by atoms with E-state index in [0.29, 0.717) is 18.7 Å². The molecule has 3 N–H and O–H groups in total. The highest BCUT2D eigenvalue weighted by atomic mass is 127. The van der Waals surface area contributed by atoms with Crippen LogP contribution in [0, 0.1) is 0 Å². The van der Waals surface area contributed by atoms with Gasteiger partial charge in [0, 0.05) is 39.9 Å². The first-order chi connectivity index (χ1) is 10.2. The van der Waals surface area contributed by atoms with E-state index in [0.717, 1.165) is 24.5 Å². The molecule has 6 nitrogen and oxygen atoms in total. The summed E-state index contributed by atoms with van der Waals surface area (Å²) in [5, 5.41) is 8.99. The number of halogens is 1. The Morgan fingerprint density at radius 2 is 2.00 bits per heavy atom. The zero-order valence-electron chi connectivity index (χ0n) is 13.3. The summed E-state index contributed by atoms with van der Waals surface area (Å²) in [5.74, 6) is 0.677. The van der Waals surface area contributed by atoms with E-state index < -0.39 is 0 Å². The molecule has 0 radical (unpaired) electrons. The van der Waals surface area contributed by atoms with E-state index in [9.17, 15) is 4.79 Å². The van der Waals surface area contributed by atoms with Crippen molar-refractivity contribution in [2.75, 3.05) is 40.9 Å². The number of guanidine groups is 1. The standard InChI is InChI=1S/C15H24N4O2.HI/c1-16-14(20)13-6-4-5-12(11-13)7-8-18-15(17-2)19-9-10-21-3;/h4-6,11H,7-10H2,1-3H3,(H,16,20)(H2,17,18,19);1H. The van der Waals surface area contributed by atoms with E-state index in [2.05, 4.69) is 20.9 Å². The largest absolute Gasteiger partial charge is 0.383 e. The maximum Gasteiger partial charge on any atom is 0.251 e. The molecule has 0 saturated carbocycles. The van der Waals surface area contributed by atoms with Crippen molar-refractivity contribution in [1.29, 1.82) is 0 Å². The summed E-state index contributed by atoms with van der Waals surface area (Å²) >= 11 is 0. The molecular formula is C15H25IN4O2. The molecule has 0 bridgehead atoms. The lowest BCUT2D eigenvalue weighted by Crippen LogP contribution is -2.39. The maximum atomic E-state index is 11.6. The van der Waals surface area contributed by atoms with Crippen LogP contribution in [0.4, 0.5) is 0 Å². The van der Waals surface area contributed by atoms with E-state index >= 15 is 0 Å². The van der Waals surface area contributed by atoms with Gasteiger partial charge in [0.05, 0.1) is 6.61 Å². The highest BCUT2D eigenvalue weighted by Gasteiger charge is 2.03. The SMILES string of the molecule is CN=C(NCCOC)NCCc1cccc(C(=O)NC)c1.I.